The zero-order valence-corrected chi connectivity index (χ0v) is 15.1. The average molecular weight is 351 g/mol. The topological polar surface area (TPSA) is 39.9 Å². The van der Waals surface area contributed by atoms with Crippen molar-refractivity contribution in [3.8, 4) is 11.4 Å². The smallest absolute Gasteiger partial charge is 0.195 e. The molecule has 5 heteroatoms. The molecular formula is C20H21N3OS. The molecule has 0 bridgehead atoms. The van der Waals surface area contributed by atoms with Crippen LogP contribution >= 0.6 is 11.8 Å². The molecule has 1 saturated carbocycles. The van der Waals surface area contributed by atoms with Crippen molar-refractivity contribution in [1.82, 2.24) is 14.8 Å². The molecule has 0 amide bonds. The van der Waals surface area contributed by atoms with Crippen LogP contribution in [0, 0.1) is 0 Å². The van der Waals surface area contributed by atoms with Crippen LogP contribution in [0.4, 0.5) is 0 Å². The number of hydrogen-bond donors (Lipinski definition) is 0. The highest BCUT2D eigenvalue weighted by molar-refractivity contribution is 7.99. The standard InChI is InChI=1S/C20H21N3OS/c1-24-18-11-7-15(8-12-18)13-14-25-20-22-21-19(16-9-10-16)23(20)17-5-3-2-4-6-17/h2-8,11-12,16H,9-10,13-14H2,1H3. The van der Waals surface area contributed by atoms with E-state index in [4.69, 9.17) is 4.74 Å². The molecule has 1 aliphatic rings. The van der Waals surface area contributed by atoms with E-state index in [2.05, 4.69) is 51.2 Å². The zero-order valence-electron chi connectivity index (χ0n) is 14.3. The SMILES string of the molecule is COc1ccc(CCSc2nnc(C3CC3)n2-c2ccccc2)cc1. The number of aromatic nitrogens is 3. The van der Waals surface area contributed by atoms with Gasteiger partial charge in [-0.1, -0.05) is 42.1 Å². The minimum absolute atomic E-state index is 0.573. The van der Waals surface area contributed by atoms with E-state index >= 15 is 0 Å². The van der Waals surface area contributed by atoms with Gasteiger partial charge in [-0.05, 0) is 49.1 Å². The third-order valence-corrected chi connectivity index (χ3v) is 5.33. The molecule has 0 aliphatic heterocycles. The lowest BCUT2D eigenvalue weighted by atomic mass is 10.2. The van der Waals surface area contributed by atoms with Gasteiger partial charge in [-0.25, -0.2) is 0 Å². The predicted octanol–water partition coefficient (Wildman–Crippen LogP) is 4.49. The molecule has 0 N–H and O–H groups in total. The summed E-state index contributed by atoms with van der Waals surface area (Å²) in [6.45, 7) is 0. The summed E-state index contributed by atoms with van der Waals surface area (Å²) in [4.78, 5) is 0. The Kier molecular flexibility index (Phi) is 4.74. The Morgan fingerprint density at radius 2 is 1.80 bits per heavy atom. The van der Waals surface area contributed by atoms with E-state index in [0.29, 0.717) is 5.92 Å². The fourth-order valence-electron chi connectivity index (χ4n) is 2.85. The lowest BCUT2D eigenvalue weighted by Crippen LogP contribution is -2.02. The molecule has 0 unspecified atom stereocenters. The van der Waals surface area contributed by atoms with Gasteiger partial charge in [0.25, 0.3) is 0 Å². The number of para-hydroxylation sites is 1. The van der Waals surface area contributed by atoms with Crippen LogP contribution in [-0.4, -0.2) is 27.6 Å². The highest BCUT2D eigenvalue weighted by atomic mass is 32.2. The van der Waals surface area contributed by atoms with Crippen molar-refractivity contribution in [3.63, 3.8) is 0 Å². The molecule has 1 aliphatic carbocycles. The molecule has 4 nitrogen and oxygen atoms in total. The highest BCUT2D eigenvalue weighted by Gasteiger charge is 2.30. The Morgan fingerprint density at radius 1 is 1.04 bits per heavy atom. The van der Waals surface area contributed by atoms with Crippen molar-refractivity contribution >= 4 is 11.8 Å². The third kappa shape index (κ3) is 3.71. The summed E-state index contributed by atoms with van der Waals surface area (Å²) >= 11 is 1.77. The van der Waals surface area contributed by atoms with Crippen LogP contribution in [0.1, 0.15) is 30.1 Å². The van der Waals surface area contributed by atoms with E-state index in [9.17, 15) is 0 Å². The normalized spacial score (nSPS) is 13.8. The van der Waals surface area contributed by atoms with Gasteiger partial charge in [0.2, 0.25) is 0 Å². The van der Waals surface area contributed by atoms with Crippen molar-refractivity contribution in [2.75, 3.05) is 12.9 Å². The molecule has 0 spiro atoms. The van der Waals surface area contributed by atoms with Crippen LogP contribution in [0.3, 0.4) is 0 Å². The van der Waals surface area contributed by atoms with Crippen molar-refractivity contribution in [1.29, 1.82) is 0 Å². The molecule has 1 heterocycles. The van der Waals surface area contributed by atoms with Crippen molar-refractivity contribution in [2.24, 2.45) is 0 Å². The number of hydrogen-bond acceptors (Lipinski definition) is 4. The Hall–Kier alpha value is -2.27. The maximum atomic E-state index is 5.21. The molecule has 0 radical (unpaired) electrons. The molecule has 1 aromatic heterocycles. The maximum absolute atomic E-state index is 5.21. The summed E-state index contributed by atoms with van der Waals surface area (Å²) in [6.07, 6.45) is 3.44. The van der Waals surface area contributed by atoms with Crippen molar-refractivity contribution in [3.05, 3.63) is 66.0 Å². The second kappa shape index (κ2) is 7.31. The van der Waals surface area contributed by atoms with Crippen LogP contribution in [0.15, 0.2) is 59.8 Å². The van der Waals surface area contributed by atoms with E-state index in [1.165, 1.54) is 18.4 Å². The van der Waals surface area contributed by atoms with Crippen LogP contribution in [-0.2, 0) is 6.42 Å². The number of benzene rings is 2. The highest BCUT2D eigenvalue weighted by Crippen LogP contribution is 2.41. The predicted molar refractivity (Wildman–Crippen MR) is 101 cm³/mol. The van der Waals surface area contributed by atoms with Crippen molar-refractivity contribution in [2.45, 2.75) is 30.3 Å². The monoisotopic (exact) mass is 351 g/mol. The summed E-state index contributed by atoms with van der Waals surface area (Å²) in [6, 6.07) is 18.7. The first-order valence-electron chi connectivity index (χ1n) is 8.61. The van der Waals surface area contributed by atoms with Crippen LogP contribution < -0.4 is 4.74 Å². The fraction of sp³-hybridized carbons (Fsp3) is 0.300. The number of rotatable bonds is 7. The number of aryl methyl sites for hydroxylation is 1. The number of ether oxygens (including phenoxy) is 1. The number of nitrogens with zero attached hydrogens (tertiary/aromatic N) is 3. The van der Waals surface area contributed by atoms with Crippen LogP contribution in [0.2, 0.25) is 0 Å². The Labute approximate surface area is 152 Å². The Bertz CT molecular complexity index is 826. The lowest BCUT2D eigenvalue weighted by Gasteiger charge is -2.09. The van der Waals surface area contributed by atoms with E-state index < -0.39 is 0 Å². The molecule has 128 valence electrons. The second-order valence-corrected chi connectivity index (χ2v) is 7.29. The first-order chi connectivity index (χ1) is 12.3. The van der Waals surface area contributed by atoms with E-state index in [1.807, 2.05) is 18.2 Å². The Morgan fingerprint density at radius 3 is 2.48 bits per heavy atom. The second-order valence-electron chi connectivity index (χ2n) is 6.23. The summed E-state index contributed by atoms with van der Waals surface area (Å²) in [5.41, 5.74) is 2.46. The summed E-state index contributed by atoms with van der Waals surface area (Å²) in [5, 5.41) is 9.93. The minimum Gasteiger partial charge on any atom is -0.497 e. The molecule has 4 rings (SSSR count). The zero-order chi connectivity index (χ0) is 17.1. The van der Waals surface area contributed by atoms with Gasteiger partial charge >= 0.3 is 0 Å². The molecule has 25 heavy (non-hydrogen) atoms. The third-order valence-electron chi connectivity index (χ3n) is 4.40. The summed E-state index contributed by atoms with van der Waals surface area (Å²) < 4.78 is 7.44. The van der Waals surface area contributed by atoms with Gasteiger partial charge in [0.1, 0.15) is 11.6 Å². The molecular weight excluding hydrogens is 330 g/mol. The first-order valence-corrected chi connectivity index (χ1v) is 9.60. The van der Waals surface area contributed by atoms with E-state index in [0.717, 1.165) is 34.6 Å². The van der Waals surface area contributed by atoms with Gasteiger partial charge in [0.15, 0.2) is 5.16 Å². The van der Waals surface area contributed by atoms with Crippen molar-refractivity contribution < 1.29 is 4.74 Å². The summed E-state index contributed by atoms with van der Waals surface area (Å²) in [7, 11) is 1.69. The number of thioether (sulfide) groups is 1. The van der Waals surface area contributed by atoms with Gasteiger partial charge < -0.3 is 4.74 Å². The molecule has 3 aromatic rings. The van der Waals surface area contributed by atoms with Gasteiger partial charge in [-0.3, -0.25) is 4.57 Å². The maximum Gasteiger partial charge on any atom is 0.195 e. The Balaban J connectivity index is 1.48. The van der Waals surface area contributed by atoms with E-state index in [-0.39, 0.29) is 0 Å². The van der Waals surface area contributed by atoms with Crippen LogP contribution in [0.25, 0.3) is 5.69 Å². The molecule has 0 saturated heterocycles. The molecule has 2 aromatic carbocycles. The first kappa shape index (κ1) is 16.2. The van der Waals surface area contributed by atoms with E-state index in [1.54, 1.807) is 18.9 Å². The van der Waals surface area contributed by atoms with Gasteiger partial charge in [-0.15, -0.1) is 10.2 Å². The van der Waals surface area contributed by atoms with Gasteiger partial charge in [-0.2, -0.15) is 0 Å². The quantitative estimate of drug-likeness (QED) is 0.588. The lowest BCUT2D eigenvalue weighted by molar-refractivity contribution is 0.414. The minimum atomic E-state index is 0.573. The largest absolute Gasteiger partial charge is 0.497 e. The fourth-order valence-corrected chi connectivity index (χ4v) is 3.80. The van der Waals surface area contributed by atoms with Gasteiger partial charge in [0.05, 0.1) is 7.11 Å². The number of methoxy groups -OCH3 is 1. The average Bonchev–Trinajstić information content (AvgIpc) is 3.43. The van der Waals surface area contributed by atoms with Gasteiger partial charge in [0, 0.05) is 17.4 Å². The van der Waals surface area contributed by atoms with Crippen LogP contribution in [0.5, 0.6) is 5.75 Å². The summed E-state index contributed by atoms with van der Waals surface area (Å²) in [5.74, 6) is 3.55. The molecule has 1 fully saturated rings. The molecule has 0 atom stereocenters.